The summed E-state index contributed by atoms with van der Waals surface area (Å²) in [7, 11) is 0. The summed E-state index contributed by atoms with van der Waals surface area (Å²) in [5.74, 6) is 0. The fourth-order valence-electron chi connectivity index (χ4n) is 1.84. The summed E-state index contributed by atoms with van der Waals surface area (Å²) in [6.45, 7) is 4.62. The Morgan fingerprint density at radius 2 is 2.38 bits per heavy atom. The van der Waals surface area contributed by atoms with Crippen LogP contribution in [0.2, 0.25) is 5.15 Å². The Balaban J connectivity index is 2.27. The molecule has 0 saturated carbocycles. The lowest BCUT2D eigenvalue weighted by molar-refractivity contribution is 0.0989. The van der Waals surface area contributed by atoms with Crippen molar-refractivity contribution >= 4 is 29.1 Å². The van der Waals surface area contributed by atoms with Gasteiger partial charge >= 0.3 is 0 Å². The molecule has 1 aliphatic heterocycles. The summed E-state index contributed by atoms with van der Waals surface area (Å²) in [5, 5.41) is 1.52. The van der Waals surface area contributed by atoms with Crippen molar-refractivity contribution in [2.75, 3.05) is 30.9 Å². The van der Waals surface area contributed by atoms with Crippen LogP contribution in [0.1, 0.15) is 6.92 Å². The first-order chi connectivity index (χ1) is 7.70. The average Bonchev–Trinajstić information content (AvgIpc) is 2.28. The van der Waals surface area contributed by atoms with Gasteiger partial charge in [-0.3, -0.25) is 0 Å². The minimum atomic E-state index is 0.391. The molecule has 0 unspecified atom stereocenters. The highest BCUT2D eigenvalue weighted by Crippen LogP contribution is 2.26. The van der Waals surface area contributed by atoms with E-state index in [1.54, 1.807) is 11.8 Å². The highest BCUT2D eigenvalue weighted by molar-refractivity contribution is 7.98. The van der Waals surface area contributed by atoms with E-state index in [0.29, 0.717) is 11.2 Å². The van der Waals surface area contributed by atoms with E-state index >= 15 is 0 Å². The third-order valence-corrected chi connectivity index (χ3v) is 3.48. The van der Waals surface area contributed by atoms with Gasteiger partial charge in [0.25, 0.3) is 0 Å². The zero-order valence-electron chi connectivity index (χ0n) is 9.44. The van der Waals surface area contributed by atoms with Gasteiger partial charge < -0.3 is 9.64 Å². The van der Waals surface area contributed by atoms with Crippen LogP contribution in [0.5, 0.6) is 0 Å². The molecular weight excluding hydrogens is 244 g/mol. The zero-order valence-corrected chi connectivity index (χ0v) is 11.0. The van der Waals surface area contributed by atoms with Crippen LogP contribution in [0.25, 0.3) is 0 Å². The molecule has 0 N–H and O–H groups in total. The van der Waals surface area contributed by atoms with E-state index in [-0.39, 0.29) is 0 Å². The molecule has 0 amide bonds. The average molecular weight is 259 g/mol. The SMILES string of the molecule is CSc1cc(N2CCOC[C@@H]2C)cc(Cl)n1. The van der Waals surface area contributed by atoms with Gasteiger partial charge in [-0.2, -0.15) is 0 Å². The maximum absolute atomic E-state index is 6.01. The number of thioether (sulfide) groups is 1. The maximum Gasteiger partial charge on any atom is 0.132 e. The van der Waals surface area contributed by atoms with Gasteiger partial charge in [0.05, 0.1) is 18.2 Å². The molecule has 1 saturated heterocycles. The van der Waals surface area contributed by atoms with Crippen molar-refractivity contribution in [3.63, 3.8) is 0 Å². The van der Waals surface area contributed by atoms with E-state index in [4.69, 9.17) is 16.3 Å². The number of rotatable bonds is 2. The number of ether oxygens (including phenoxy) is 1. The molecule has 0 spiro atoms. The van der Waals surface area contributed by atoms with E-state index in [1.807, 2.05) is 12.3 Å². The number of pyridine rings is 1. The first-order valence-electron chi connectivity index (χ1n) is 5.26. The zero-order chi connectivity index (χ0) is 11.5. The fraction of sp³-hybridized carbons (Fsp3) is 0.545. The number of anilines is 1. The Hall–Kier alpha value is -0.450. The smallest absolute Gasteiger partial charge is 0.132 e. The molecule has 3 nitrogen and oxygen atoms in total. The number of morpholine rings is 1. The van der Waals surface area contributed by atoms with E-state index in [1.165, 1.54) is 0 Å². The van der Waals surface area contributed by atoms with Crippen molar-refractivity contribution in [1.82, 2.24) is 4.98 Å². The molecule has 1 aliphatic rings. The molecule has 1 aromatic heterocycles. The van der Waals surface area contributed by atoms with E-state index < -0.39 is 0 Å². The lowest BCUT2D eigenvalue weighted by Crippen LogP contribution is -2.43. The molecule has 1 fully saturated rings. The van der Waals surface area contributed by atoms with Crippen molar-refractivity contribution < 1.29 is 4.74 Å². The van der Waals surface area contributed by atoms with Crippen LogP contribution in [-0.2, 0) is 4.74 Å². The van der Waals surface area contributed by atoms with Crippen LogP contribution in [0, 0.1) is 0 Å². The summed E-state index contributed by atoms with van der Waals surface area (Å²) in [6.07, 6.45) is 2.01. The standard InChI is InChI=1S/C11H15ClN2OS/c1-8-7-15-4-3-14(8)9-5-10(12)13-11(6-9)16-2/h5-6,8H,3-4,7H2,1-2H3/t8-/m0/s1. The van der Waals surface area contributed by atoms with Crippen LogP contribution in [0.4, 0.5) is 5.69 Å². The predicted octanol–water partition coefficient (Wildman–Crippen LogP) is 2.68. The van der Waals surface area contributed by atoms with Crippen LogP contribution >= 0.6 is 23.4 Å². The molecule has 0 radical (unpaired) electrons. The highest BCUT2D eigenvalue weighted by Gasteiger charge is 2.19. The Morgan fingerprint density at radius 1 is 1.56 bits per heavy atom. The first kappa shape index (κ1) is 12.0. The maximum atomic E-state index is 6.01. The molecule has 0 aliphatic carbocycles. The topological polar surface area (TPSA) is 25.4 Å². The summed E-state index contributed by atoms with van der Waals surface area (Å²) < 4.78 is 5.42. The molecular formula is C11H15ClN2OS. The third-order valence-electron chi connectivity index (χ3n) is 2.66. The van der Waals surface area contributed by atoms with Crippen molar-refractivity contribution in [1.29, 1.82) is 0 Å². The third kappa shape index (κ3) is 2.62. The molecule has 1 atom stereocenters. The summed E-state index contributed by atoms with van der Waals surface area (Å²) >= 11 is 7.62. The second-order valence-corrected chi connectivity index (χ2v) is 5.02. The lowest BCUT2D eigenvalue weighted by Gasteiger charge is -2.35. The van der Waals surface area contributed by atoms with Crippen LogP contribution in [-0.4, -0.2) is 37.0 Å². The summed E-state index contributed by atoms with van der Waals surface area (Å²) in [4.78, 5) is 6.56. The molecule has 0 aromatic carbocycles. The Labute approximate surface area is 105 Å². The van der Waals surface area contributed by atoms with Crippen molar-refractivity contribution in [2.45, 2.75) is 18.0 Å². The molecule has 16 heavy (non-hydrogen) atoms. The molecule has 1 aromatic rings. The summed E-state index contributed by atoms with van der Waals surface area (Å²) in [5.41, 5.74) is 1.14. The van der Waals surface area contributed by atoms with E-state index in [2.05, 4.69) is 22.9 Å². The molecule has 88 valence electrons. The molecule has 5 heteroatoms. The highest BCUT2D eigenvalue weighted by atomic mass is 35.5. The number of aromatic nitrogens is 1. The van der Waals surface area contributed by atoms with Gasteiger partial charge in [0, 0.05) is 18.3 Å². The Morgan fingerprint density at radius 3 is 3.06 bits per heavy atom. The van der Waals surface area contributed by atoms with Crippen molar-refractivity contribution in [2.24, 2.45) is 0 Å². The minimum Gasteiger partial charge on any atom is -0.377 e. The molecule has 0 bridgehead atoms. The predicted molar refractivity (Wildman–Crippen MR) is 68.7 cm³/mol. The van der Waals surface area contributed by atoms with Crippen LogP contribution in [0.3, 0.4) is 0 Å². The number of nitrogens with zero attached hydrogens (tertiary/aromatic N) is 2. The van der Waals surface area contributed by atoms with Crippen LogP contribution < -0.4 is 4.90 Å². The van der Waals surface area contributed by atoms with Gasteiger partial charge in [-0.15, -0.1) is 11.8 Å². The Bertz CT molecular complexity index is 375. The second-order valence-electron chi connectivity index (χ2n) is 3.81. The van der Waals surface area contributed by atoms with Gasteiger partial charge in [-0.05, 0) is 25.3 Å². The van der Waals surface area contributed by atoms with E-state index in [9.17, 15) is 0 Å². The second kappa shape index (κ2) is 5.25. The minimum absolute atomic E-state index is 0.391. The lowest BCUT2D eigenvalue weighted by atomic mass is 10.2. The molecule has 2 rings (SSSR count). The van der Waals surface area contributed by atoms with Crippen molar-refractivity contribution in [3.05, 3.63) is 17.3 Å². The number of halogens is 1. The van der Waals surface area contributed by atoms with Gasteiger partial charge in [-0.1, -0.05) is 11.6 Å². The fourth-order valence-corrected chi connectivity index (χ4v) is 2.52. The number of hydrogen-bond acceptors (Lipinski definition) is 4. The van der Waals surface area contributed by atoms with Gasteiger partial charge in [-0.25, -0.2) is 4.98 Å². The van der Waals surface area contributed by atoms with E-state index in [0.717, 1.165) is 30.5 Å². The van der Waals surface area contributed by atoms with Gasteiger partial charge in [0.2, 0.25) is 0 Å². The molecule has 2 heterocycles. The number of hydrogen-bond donors (Lipinski definition) is 0. The van der Waals surface area contributed by atoms with Crippen LogP contribution in [0.15, 0.2) is 17.2 Å². The quantitative estimate of drug-likeness (QED) is 0.602. The Kier molecular flexibility index (Phi) is 3.95. The largest absolute Gasteiger partial charge is 0.377 e. The van der Waals surface area contributed by atoms with Gasteiger partial charge in [0.1, 0.15) is 5.15 Å². The van der Waals surface area contributed by atoms with Crippen molar-refractivity contribution in [3.8, 4) is 0 Å². The summed E-state index contributed by atoms with van der Waals surface area (Å²) in [6, 6.07) is 4.39. The first-order valence-corrected chi connectivity index (χ1v) is 6.87. The normalized spacial score (nSPS) is 21.2. The van der Waals surface area contributed by atoms with Gasteiger partial charge in [0.15, 0.2) is 0 Å². The monoisotopic (exact) mass is 258 g/mol.